The number of alkyl halides is 3. The number of aryl methyl sites for hydroxylation is 1. The van der Waals surface area contributed by atoms with Crippen LogP contribution < -0.4 is 9.46 Å². The lowest BCUT2D eigenvalue weighted by Gasteiger charge is -2.33. The monoisotopic (exact) mass is 574 g/mol. The Morgan fingerprint density at radius 1 is 0.925 bits per heavy atom. The minimum Gasteiger partial charge on any atom is -0.494 e. The number of ether oxygens (including phenoxy) is 1. The van der Waals surface area contributed by atoms with Gasteiger partial charge in [0.05, 0.1) is 17.1 Å². The maximum Gasteiger partial charge on any atom is 0.416 e. The molecule has 0 aromatic heterocycles. The Hall–Kier alpha value is -2.88. The first-order valence-electron chi connectivity index (χ1n) is 13.8. The SMILES string of the molecule is CCOc1cc(C)ccc1C1CCN(CCCCNS(=O)(=O)c2ccc(-c3ccc(C(F)(F)F)cc3)cc2)CC1. The van der Waals surface area contributed by atoms with Crippen molar-refractivity contribution in [1.82, 2.24) is 9.62 Å². The van der Waals surface area contributed by atoms with Crippen LogP contribution in [0.2, 0.25) is 0 Å². The normalized spacial score (nSPS) is 15.3. The number of hydrogen-bond acceptors (Lipinski definition) is 4. The Labute approximate surface area is 235 Å². The van der Waals surface area contributed by atoms with E-state index in [4.69, 9.17) is 4.74 Å². The Bertz CT molecular complexity index is 1350. The van der Waals surface area contributed by atoms with E-state index in [0.29, 0.717) is 30.2 Å². The van der Waals surface area contributed by atoms with E-state index in [1.54, 1.807) is 12.1 Å². The summed E-state index contributed by atoms with van der Waals surface area (Å²) in [5, 5.41) is 0. The number of likely N-dealkylation sites (tertiary alicyclic amines) is 1. The van der Waals surface area contributed by atoms with Crippen molar-refractivity contribution in [3.63, 3.8) is 0 Å². The molecule has 1 heterocycles. The molecule has 1 saturated heterocycles. The zero-order valence-electron chi connectivity index (χ0n) is 23.0. The van der Waals surface area contributed by atoms with Crippen molar-refractivity contribution in [2.45, 2.75) is 56.5 Å². The van der Waals surface area contributed by atoms with Crippen LogP contribution in [-0.2, 0) is 16.2 Å². The molecule has 0 atom stereocenters. The maximum atomic E-state index is 12.8. The van der Waals surface area contributed by atoms with Gasteiger partial charge in [-0.1, -0.05) is 36.4 Å². The molecule has 3 aromatic rings. The molecule has 1 aliphatic heterocycles. The summed E-state index contributed by atoms with van der Waals surface area (Å²) in [4.78, 5) is 2.58. The van der Waals surface area contributed by atoms with Gasteiger partial charge < -0.3 is 9.64 Å². The summed E-state index contributed by atoms with van der Waals surface area (Å²) in [5.74, 6) is 1.50. The fourth-order valence-corrected chi connectivity index (χ4v) is 6.23. The molecule has 3 aromatic carbocycles. The summed E-state index contributed by atoms with van der Waals surface area (Å²) >= 11 is 0. The number of piperidine rings is 1. The predicted molar refractivity (Wildman–Crippen MR) is 152 cm³/mol. The van der Waals surface area contributed by atoms with E-state index in [1.165, 1.54) is 35.4 Å². The van der Waals surface area contributed by atoms with Crippen LogP contribution in [0.25, 0.3) is 11.1 Å². The van der Waals surface area contributed by atoms with Crippen LogP contribution >= 0.6 is 0 Å². The minimum absolute atomic E-state index is 0.132. The van der Waals surface area contributed by atoms with Gasteiger partial charge >= 0.3 is 6.18 Å². The fraction of sp³-hybridized carbons (Fsp3) is 0.419. The molecule has 5 nitrogen and oxygen atoms in total. The average molecular weight is 575 g/mol. The van der Waals surface area contributed by atoms with Crippen LogP contribution in [0, 0.1) is 6.92 Å². The van der Waals surface area contributed by atoms with Crippen LogP contribution in [0.15, 0.2) is 71.6 Å². The van der Waals surface area contributed by atoms with E-state index in [2.05, 4.69) is 34.7 Å². The van der Waals surface area contributed by atoms with E-state index >= 15 is 0 Å². The molecular formula is C31H37F3N2O3S. The number of unbranched alkanes of at least 4 members (excludes halogenated alkanes) is 1. The highest BCUT2D eigenvalue weighted by molar-refractivity contribution is 7.89. The van der Waals surface area contributed by atoms with E-state index in [-0.39, 0.29) is 4.90 Å². The minimum atomic E-state index is -4.39. The summed E-state index contributed by atoms with van der Waals surface area (Å²) in [6.07, 6.45) is -0.602. The van der Waals surface area contributed by atoms with Gasteiger partial charge in [0.15, 0.2) is 0 Å². The largest absolute Gasteiger partial charge is 0.494 e. The lowest BCUT2D eigenvalue weighted by Crippen LogP contribution is -2.34. The number of rotatable bonds is 11. The summed E-state index contributed by atoms with van der Waals surface area (Å²) < 4.78 is 72.3. The summed E-state index contributed by atoms with van der Waals surface area (Å²) in [6.45, 7) is 8.06. The third-order valence-corrected chi connectivity index (χ3v) is 8.88. The predicted octanol–water partition coefficient (Wildman–Crippen LogP) is 7.02. The highest BCUT2D eigenvalue weighted by Crippen LogP contribution is 2.35. The molecule has 1 aliphatic rings. The topological polar surface area (TPSA) is 58.6 Å². The zero-order valence-corrected chi connectivity index (χ0v) is 23.8. The van der Waals surface area contributed by atoms with E-state index in [1.807, 2.05) is 6.92 Å². The molecule has 216 valence electrons. The Balaban J connectivity index is 1.20. The number of benzene rings is 3. The van der Waals surface area contributed by atoms with Gasteiger partial charge in [-0.15, -0.1) is 0 Å². The average Bonchev–Trinajstić information content (AvgIpc) is 2.93. The molecule has 0 radical (unpaired) electrons. The third kappa shape index (κ3) is 7.86. The number of hydrogen-bond donors (Lipinski definition) is 1. The second kappa shape index (κ2) is 13.2. The standard InChI is InChI=1S/C31H37F3N2O3S/c1-3-39-30-22-23(2)6-15-29(30)26-16-20-36(21-17-26)19-5-4-18-35-40(37,38)28-13-9-25(10-14-28)24-7-11-27(12-8-24)31(32,33)34/h6-15,22,26,35H,3-5,16-21H2,1-2H3. The van der Waals surface area contributed by atoms with Crippen molar-refractivity contribution < 1.29 is 26.3 Å². The molecule has 1 fully saturated rings. The van der Waals surface area contributed by atoms with Gasteiger partial charge in [-0.2, -0.15) is 13.2 Å². The number of sulfonamides is 1. The first kappa shape index (κ1) is 30.1. The van der Waals surface area contributed by atoms with Crippen molar-refractivity contribution in [2.24, 2.45) is 0 Å². The maximum absolute atomic E-state index is 12.8. The lowest BCUT2D eigenvalue weighted by atomic mass is 9.88. The molecule has 0 saturated carbocycles. The second-order valence-corrected chi connectivity index (χ2v) is 12.1. The first-order valence-corrected chi connectivity index (χ1v) is 15.3. The van der Waals surface area contributed by atoms with Crippen molar-refractivity contribution in [2.75, 3.05) is 32.8 Å². The first-order chi connectivity index (χ1) is 19.1. The van der Waals surface area contributed by atoms with Gasteiger partial charge in [-0.3, -0.25) is 0 Å². The number of nitrogens with zero attached hydrogens (tertiary/aromatic N) is 1. The van der Waals surface area contributed by atoms with Crippen molar-refractivity contribution in [3.8, 4) is 16.9 Å². The molecule has 9 heteroatoms. The molecule has 4 rings (SSSR count). The molecule has 0 bridgehead atoms. The lowest BCUT2D eigenvalue weighted by molar-refractivity contribution is -0.137. The van der Waals surface area contributed by atoms with Crippen molar-refractivity contribution in [1.29, 1.82) is 0 Å². The third-order valence-electron chi connectivity index (χ3n) is 7.40. The van der Waals surface area contributed by atoms with Crippen LogP contribution in [0.3, 0.4) is 0 Å². The van der Waals surface area contributed by atoms with E-state index < -0.39 is 21.8 Å². The van der Waals surface area contributed by atoms with Crippen LogP contribution in [0.4, 0.5) is 13.2 Å². The van der Waals surface area contributed by atoms with Crippen LogP contribution in [0.5, 0.6) is 5.75 Å². The van der Waals surface area contributed by atoms with Gasteiger partial charge in [0.1, 0.15) is 5.75 Å². The quantitative estimate of drug-likeness (QED) is 0.250. The molecular weight excluding hydrogens is 537 g/mol. The van der Waals surface area contributed by atoms with Crippen molar-refractivity contribution >= 4 is 10.0 Å². The number of halogens is 3. The molecule has 1 N–H and O–H groups in total. The Morgan fingerprint density at radius 2 is 1.55 bits per heavy atom. The van der Waals surface area contributed by atoms with E-state index in [0.717, 1.165) is 63.2 Å². The van der Waals surface area contributed by atoms with Crippen LogP contribution in [-0.4, -0.2) is 46.1 Å². The molecule has 40 heavy (non-hydrogen) atoms. The Kier molecular flexibility index (Phi) is 9.92. The molecule has 0 unspecified atom stereocenters. The van der Waals surface area contributed by atoms with Gasteiger partial charge in [-0.05, 0) is 118 Å². The van der Waals surface area contributed by atoms with Crippen molar-refractivity contribution in [3.05, 3.63) is 83.4 Å². The highest BCUT2D eigenvalue weighted by atomic mass is 32.2. The van der Waals surface area contributed by atoms with Gasteiger partial charge in [0.25, 0.3) is 0 Å². The second-order valence-electron chi connectivity index (χ2n) is 10.3. The van der Waals surface area contributed by atoms with Gasteiger partial charge in [0, 0.05) is 6.54 Å². The Morgan fingerprint density at radius 3 is 2.15 bits per heavy atom. The fourth-order valence-electron chi connectivity index (χ4n) is 5.16. The molecule has 0 aliphatic carbocycles. The molecule has 0 spiro atoms. The summed E-state index contributed by atoms with van der Waals surface area (Å²) in [5.41, 5.74) is 3.02. The van der Waals surface area contributed by atoms with Gasteiger partial charge in [-0.25, -0.2) is 13.1 Å². The summed E-state index contributed by atoms with van der Waals surface area (Å²) in [7, 11) is -3.66. The van der Waals surface area contributed by atoms with Crippen LogP contribution in [0.1, 0.15) is 55.2 Å². The number of nitrogens with one attached hydrogen (secondary N) is 1. The highest BCUT2D eigenvalue weighted by Gasteiger charge is 2.30. The van der Waals surface area contributed by atoms with E-state index in [9.17, 15) is 21.6 Å². The zero-order chi connectivity index (χ0) is 28.8. The smallest absolute Gasteiger partial charge is 0.416 e. The van der Waals surface area contributed by atoms with Gasteiger partial charge in [0.2, 0.25) is 10.0 Å². The summed E-state index contributed by atoms with van der Waals surface area (Å²) in [6, 6.07) is 17.5. The molecule has 0 amide bonds.